The van der Waals surface area contributed by atoms with Crippen LogP contribution in [0.1, 0.15) is 322 Å². The predicted octanol–water partition coefficient (Wildman–Crippen LogP) is 23.9. The molecule has 2 N–H and O–H groups in total. The number of aliphatic hydroxyl groups is 1. The average molecular weight is 1270 g/mol. The number of unbranched alkanes of at least 4 members (excludes halogenated alkanes) is 33. The molecule has 3 atom stereocenters. The van der Waals surface area contributed by atoms with Crippen molar-refractivity contribution in [1.29, 1.82) is 0 Å². The predicted molar refractivity (Wildman–Crippen MR) is 394 cm³/mol. The van der Waals surface area contributed by atoms with Crippen molar-refractivity contribution >= 4 is 13.7 Å². The Kier molecular flexibility index (Phi) is 67.4. The van der Waals surface area contributed by atoms with Gasteiger partial charge in [0.05, 0.1) is 39.9 Å². The van der Waals surface area contributed by atoms with Crippen LogP contribution in [0.3, 0.4) is 0 Å². The highest BCUT2D eigenvalue weighted by molar-refractivity contribution is 7.45. The monoisotopic (exact) mass is 1270 g/mol. The van der Waals surface area contributed by atoms with Gasteiger partial charge in [-0.25, -0.2) is 0 Å². The Balaban J connectivity index is 4.10. The zero-order valence-electron chi connectivity index (χ0n) is 59.3. The molecule has 0 saturated heterocycles. The topological polar surface area (TPSA) is 108 Å². The first-order chi connectivity index (χ1) is 44.0. The number of nitrogens with zero attached hydrogens (tertiary/aromatic N) is 1. The van der Waals surface area contributed by atoms with Crippen molar-refractivity contribution in [2.24, 2.45) is 0 Å². The largest absolute Gasteiger partial charge is 0.756 e. The number of hydrogen-bond donors (Lipinski definition) is 2. The summed E-state index contributed by atoms with van der Waals surface area (Å²) in [6.07, 6.45) is 105. The fraction of sp³-hybridized carbons (Fsp3) is 0.716. The summed E-state index contributed by atoms with van der Waals surface area (Å²) in [6, 6.07) is -0.818. The SMILES string of the molecule is CC/C=C\C/C=C\C/C=C\C/C=C\C/C=C\C/C=C\C/C=C\C/C=C\C/C=C\C/C=C\C/C=C\CCCCCCCCCC(=O)NC(COP(=O)([O-])OCC[N+](C)(C)C)C(O)CCCCCCCCCCCCCCCCCCCCCCCCCCCCC. The van der Waals surface area contributed by atoms with Gasteiger partial charge in [0.15, 0.2) is 0 Å². The zero-order chi connectivity index (χ0) is 65.5. The maximum absolute atomic E-state index is 13.1. The molecule has 0 bridgehead atoms. The molecule has 0 spiro atoms. The summed E-state index contributed by atoms with van der Waals surface area (Å²) in [7, 11) is 1.29. The van der Waals surface area contributed by atoms with Crippen LogP contribution in [0.25, 0.3) is 0 Å². The summed E-state index contributed by atoms with van der Waals surface area (Å²) in [4.78, 5) is 25.7. The van der Waals surface area contributed by atoms with Crippen molar-refractivity contribution in [2.45, 2.75) is 334 Å². The minimum atomic E-state index is -4.59. The fourth-order valence-corrected chi connectivity index (χ4v) is 11.4. The lowest BCUT2D eigenvalue weighted by atomic mass is 10.0. The lowest BCUT2D eigenvalue weighted by molar-refractivity contribution is -0.870. The minimum Gasteiger partial charge on any atom is -0.756 e. The first-order valence-electron chi connectivity index (χ1n) is 37.5. The lowest BCUT2D eigenvalue weighted by Gasteiger charge is -2.30. The average Bonchev–Trinajstić information content (AvgIpc) is 3.09. The van der Waals surface area contributed by atoms with Gasteiger partial charge in [0, 0.05) is 6.42 Å². The molecule has 8 nitrogen and oxygen atoms in total. The van der Waals surface area contributed by atoms with Gasteiger partial charge in [-0.3, -0.25) is 9.36 Å². The molecule has 0 aromatic heterocycles. The van der Waals surface area contributed by atoms with Gasteiger partial charge in [-0.2, -0.15) is 0 Å². The normalized spacial score (nSPS) is 14.3. The number of hydrogen-bond acceptors (Lipinski definition) is 6. The molecule has 0 aromatic rings. The summed E-state index contributed by atoms with van der Waals surface area (Å²) in [6.45, 7) is 4.62. The molecule has 90 heavy (non-hydrogen) atoms. The van der Waals surface area contributed by atoms with Crippen molar-refractivity contribution in [2.75, 3.05) is 40.9 Å². The fourth-order valence-electron chi connectivity index (χ4n) is 10.6. The number of phosphoric acid groups is 1. The van der Waals surface area contributed by atoms with Crippen LogP contribution >= 0.6 is 7.82 Å². The second-order valence-electron chi connectivity index (χ2n) is 26.3. The summed E-state index contributed by atoms with van der Waals surface area (Å²) < 4.78 is 23.6. The first kappa shape index (κ1) is 86.6. The number of aliphatic hydroxyl groups excluding tert-OH is 1. The Bertz CT molecular complexity index is 1930. The smallest absolute Gasteiger partial charge is 0.268 e. The van der Waals surface area contributed by atoms with Crippen molar-refractivity contribution < 1.29 is 32.9 Å². The molecule has 0 aromatic carbocycles. The number of allylic oxidation sites excluding steroid dienone is 22. The zero-order valence-corrected chi connectivity index (χ0v) is 60.2. The third-order valence-corrected chi connectivity index (χ3v) is 17.4. The molecule has 9 heteroatoms. The van der Waals surface area contributed by atoms with Gasteiger partial charge in [0.2, 0.25) is 5.91 Å². The van der Waals surface area contributed by atoms with E-state index in [0.717, 1.165) is 122 Å². The Morgan fingerprint density at radius 3 is 0.989 bits per heavy atom. The van der Waals surface area contributed by atoms with Gasteiger partial charge in [0.1, 0.15) is 13.2 Å². The Labute approximate surface area is 557 Å². The number of carbonyl (C=O) groups is 1. The summed E-state index contributed by atoms with van der Waals surface area (Å²) >= 11 is 0. The Morgan fingerprint density at radius 2 is 0.678 bits per heavy atom. The van der Waals surface area contributed by atoms with E-state index in [1.807, 2.05) is 21.1 Å². The van der Waals surface area contributed by atoms with E-state index in [0.29, 0.717) is 23.9 Å². The first-order valence-corrected chi connectivity index (χ1v) is 39.0. The van der Waals surface area contributed by atoms with E-state index < -0.39 is 20.0 Å². The molecule has 0 radical (unpaired) electrons. The molecular weight excluding hydrogens is 1130 g/mol. The third-order valence-electron chi connectivity index (χ3n) is 16.4. The molecule has 0 aliphatic heterocycles. The minimum absolute atomic E-state index is 0.00423. The van der Waals surface area contributed by atoms with Gasteiger partial charge in [0.25, 0.3) is 7.82 Å². The molecule has 0 saturated carbocycles. The van der Waals surface area contributed by atoms with E-state index >= 15 is 0 Å². The number of phosphoric ester groups is 1. The third kappa shape index (κ3) is 72.1. The van der Waals surface area contributed by atoms with E-state index in [-0.39, 0.29) is 19.1 Å². The van der Waals surface area contributed by atoms with E-state index in [4.69, 9.17) is 9.05 Å². The second-order valence-corrected chi connectivity index (χ2v) is 27.7. The quantitative estimate of drug-likeness (QED) is 0.0272. The van der Waals surface area contributed by atoms with Crippen LogP contribution in [-0.2, 0) is 18.4 Å². The van der Waals surface area contributed by atoms with Crippen LogP contribution in [0.2, 0.25) is 0 Å². The van der Waals surface area contributed by atoms with Crippen molar-refractivity contribution in [1.82, 2.24) is 5.32 Å². The number of rotatable bonds is 68. The highest BCUT2D eigenvalue weighted by atomic mass is 31.2. The van der Waals surface area contributed by atoms with Crippen LogP contribution in [0.5, 0.6) is 0 Å². The maximum atomic E-state index is 13.1. The van der Waals surface area contributed by atoms with Gasteiger partial charge in [-0.05, 0) is 96.3 Å². The van der Waals surface area contributed by atoms with E-state index in [9.17, 15) is 19.4 Å². The Hall–Kier alpha value is -3.36. The second kappa shape index (κ2) is 70.0. The van der Waals surface area contributed by atoms with Crippen LogP contribution in [-0.4, -0.2) is 68.5 Å². The van der Waals surface area contributed by atoms with Crippen LogP contribution in [0, 0.1) is 0 Å². The van der Waals surface area contributed by atoms with Crippen LogP contribution in [0.4, 0.5) is 0 Å². The number of quaternary nitrogens is 1. The molecule has 1 amide bonds. The molecule has 0 heterocycles. The number of amides is 1. The molecule has 518 valence electrons. The molecule has 0 fully saturated rings. The van der Waals surface area contributed by atoms with Crippen molar-refractivity contribution in [3.63, 3.8) is 0 Å². The van der Waals surface area contributed by atoms with Crippen LogP contribution in [0.15, 0.2) is 134 Å². The van der Waals surface area contributed by atoms with Gasteiger partial charge in [-0.1, -0.05) is 353 Å². The number of likely N-dealkylation sites (N-methyl/N-ethyl adjacent to an activating group) is 1. The van der Waals surface area contributed by atoms with E-state index in [1.54, 1.807) is 0 Å². The van der Waals surface area contributed by atoms with Gasteiger partial charge < -0.3 is 28.8 Å². The van der Waals surface area contributed by atoms with Crippen LogP contribution < -0.4 is 10.2 Å². The molecule has 0 aliphatic carbocycles. The summed E-state index contributed by atoms with van der Waals surface area (Å²) in [5.41, 5.74) is 0. The van der Waals surface area contributed by atoms with Gasteiger partial charge in [-0.15, -0.1) is 0 Å². The summed E-state index contributed by atoms with van der Waals surface area (Å²) in [5, 5.41) is 14.1. The van der Waals surface area contributed by atoms with Crippen molar-refractivity contribution in [3.8, 4) is 0 Å². The van der Waals surface area contributed by atoms with Gasteiger partial charge >= 0.3 is 0 Å². The standard InChI is InChI=1S/C81H143N2O6P/c1-6-8-10-12-14-16-18-20-22-24-26-28-30-32-34-35-36-37-38-39-40-41-42-43-44-45-46-47-49-51-53-55-57-59-61-63-65-67-69-71-73-75-81(85)82-79(78-89-90(86,87)88-77-76-83(3,4)5)80(84)74-72-70-68-66-64-62-60-58-56-54-52-50-48-33-31-29-27-25-23-21-19-17-15-13-11-9-7-2/h8,10,14,16,20,22,26,28,32,34,36-37,39-40,42-43,45-46,49,51,55,57,79-80,84H,6-7,9,11-13,15,17-19,21,23-25,27,29-31,33,35,38,41,44,47-48,50,52-54,56,58-78H2,1-5H3,(H-,82,85,86,87)/b10-8-,16-14-,22-20-,28-26-,34-32-,37-36-,40-39-,43-42-,46-45-,51-49-,57-55-. The molecule has 0 rings (SSSR count). The highest BCUT2D eigenvalue weighted by Crippen LogP contribution is 2.38. The molecule has 3 unspecified atom stereocenters. The Morgan fingerprint density at radius 1 is 0.400 bits per heavy atom. The highest BCUT2D eigenvalue weighted by Gasteiger charge is 2.24. The molecule has 0 aliphatic rings. The molecular formula is C81H143N2O6P. The lowest BCUT2D eigenvalue weighted by Crippen LogP contribution is -2.46. The maximum Gasteiger partial charge on any atom is 0.268 e. The number of nitrogens with one attached hydrogen (secondary N) is 1. The van der Waals surface area contributed by atoms with E-state index in [2.05, 4.69) is 153 Å². The number of carbonyl (C=O) groups excluding carboxylic acids is 1. The van der Waals surface area contributed by atoms with E-state index in [1.165, 1.54) is 173 Å². The summed E-state index contributed by atoms with van der Waals surface area (Å²) in [5.74, 6) is -0.177. The van der Waals surface area contributed by atoms with Crippen molar-refractivity contribution in [3.05, 3.63) is 134 Å².